The Morgan fingerprint density at radius 1 is 1.00 bits per heavy atom. The summed E-state index contributed by atoms with van der Waals surface area (Å²) in [5.41, 5.74) is 3.38. The lowest BCUT2D eigenvalue weighted by molar-refractivity contribution is -0.384. The van der Waals surface area contributed by atoms with E-state index >= 15 is 0 Å². The van der Waals surface area contributed by atoms with Gasteiger partial charge in [-0.1, -0.05) is 43.2 Å². The number of anilines is 1. The third kappa shape index (κ3) is 2.56. The second kappa shape index (κ2) is 6.07. The van der Waals surface area contributed by atoms with Gasteiger partial charge in [-0.15, -0.1) is 0 Å². The monoisotopic (exact) mass is 321 g/mol. The molecule has 0 saturated heterocycles. The molecule has 2 aromatic carbocycles. The summed E-state index contributed by atoms with van der Waals surface area (Å²) in [6, 6.07) is 17.4. The molecule has 2 atom stereocenters. The van der Waals surface area contributed by atoms with Gasteiger partial charge in [-0.3, -0.25) is 15.1 Å². The Morgan fingerprint density at radius 3 is 2.42 bits per heavy atom. The summed E-state index contributed by atoms with van der Waals surface area (Å²) in [6.07, 6.45) is 4.72. The number of rotatable bonds is 3. The van der Waals surface area contributed by atoms with E-state index in [0.717, 1.165) is 24.2 Å². The van der Waals surface area contributed by atoms with E-state index in [4.69, 9.17) is 5.10 Å². The molecule has 1 heterocycles. The minimum absolute atomic E-state index is 0.116. The lowest BCUT2D eigenvalue weighted by Crippen LogP contribution is -2.36. The van der Waals surface area contributed by atoms with Crippen molar-refractivity contribution in [2.75, 3.05) is 5.01 Å². The van der Waals surface area contributed by atoms with Crippen LogP contribution in [0.5, 0.6) is 0 Å². The van der Waals surface area contributed by atoms with Crippen LogP contribution in [-0.4, -0.2) is 16.7 Å². The number of nitro groups is 1. The van der Waals surface area contributed by atoms with Gasteiger partial charge in [0.2, 0.25) is 0 Å². The second-order valence-electron chi connectivity index (χ2n) is 6.43. The second-order valence-corrected chi connectivity index (χ2v) is 6.43. The van der Waals surface area contributed by atoms with Crippen molar-refractivity contribution in [2.24, 2.45) is 11.0 Å². The average molecular weight is 321 g/mol. The summed E-state index contributed by atoms with van der Waals surface area (Å²) >= 11 is 0. The fourth-order valence-corrected chi connectivity index (χ4v) is 3.84. The molecule has 4 rings (SSSR count). The first-order chi connectivity index (χ1) is 11.7. The van der Waals surface area contributed by atoms with Crippen molar-refractivity contribution in [3.05, 3.63) is 70.3 Å². The number of non-ortho nitro benzene ring substituents is 1. The molecule has 2 aliphatic rings. The van der Waals surface area contributed by atoms with Crippen LogP contribution in [0.4, 0.5) is 11.4 Å². The van der Waals surface area contributed by atoms with Crippen molar-refractivity contribution in [1.29, 1.82) is 0 Å². The van der Waals surface area contributed by atoms with Crippen LogP contribution in [0.2, 0.25) is 0 Å². The first-order valence-corrected chi connectivity index (χ1v) is 8.41. The predicted molar refractivity (Wildman–Crippen MR) is 94.3 cm³/mol. The van der Waals surface area contributed by atoms with Crippen molar-refractivity contribution < 1.29 is 4.92 Å². The summed E-state index contributed by atoms with van der Waals surface area (Å²) in [5, 5.41) is 17.9. The summed E-state index contributed by atoms with van der Waals surface area (Å²) in [6.45, 7) is 0. The zero-order chi connectivity index (χ0) is 16.5. The van der Waals surface area contributed by atoms with Crippen LogP contribution in [-0.2, 0) is 0 Å². The van der Waals surface area contributed by atoms with Crippen LogP contribution >= 0.6 is 0 Å². The highest BCUT2D eigenvalue weighted by atomic mass is 16.6. The quantitative estimate of drug-likeness (QED) is 0.622. The Hall–Kier alpha value is -2.69. The molecule has 5 nitrogen and oxygen atoms in total. The van der Waals surface area contributed by atoms with Gasteiger partial charge in [0.05, 0.1) is 22.4 Å². The molecule has 0 radical (unpaired) electrons. The average Bonchev–Trinajstić information content (AvgIpc) is 3.02. The first kappa shape index (κ1) is 14.9. The highest BCUT2D eigenvalue weighted by Crippen LogP contribution is 2.39. The normalized spacial score (nSPS) is 22.8. The topological polar surface area (TPSA) is 58.7 Å². The van der Waals surface area contributed by atoms with E-state index in [1.54, 1.807) is 24.3 Å². The van der Waals surface area contributed by atoms with E-state index < -0.39 is 0 Å². The van der Waals surface area contributed by atoms with Gasteiger partial charge in [0.15, 0.2) is 0 Å². The van der Waals surface area contributed by atoms with Gasteiger partial charge < -0.3 is 0 Å². The fourth-order valence-electron chi connectivity index (χ4n) is 3.84. The van der Waals surface area contributed by atoms with Gasteiger partial charge in [0, 0.05) is 18.1 Å². The van der Waals surface area contributed by atoms with E-state index in [2.05, 4.69) is 17.1 Å². The van der Waals surface area contributed by atoms with Crippen LogP contribution in [0.3, 0.4) is 0 Å². The smallest absolute Gasteiger partial charge is 0.262 e. The molecule has 0 aromatic heterocycles. The van der Waals surface area contributed by atoms with Crippen LogP contribution in [0.1, 0.15) is 31.2 Å². The summed E-state index contributed by atoms with van der Waals surface area (Å²) in [7, 11) is 0. The van der Waals surface area contributed by atoms with Gasteiger partial charge in [0.1, 0.15) is 0 Å². The van der Waals surface area contributed by atoms with E-state index in [1.165, 1.54) is 18.4 Å². The molecule has 1 aliphatic heterocycles. The highest BCUT2D eigenvalue weighted by molar-refractivity contribution is 6.05. The Kier molecular flexibility index (Phi) is 3.76. The largest absolute Gasteiger partial charge is 0.269 e. The van der Waals surface area contributed by atoms with Crippen molar-refractivity contribution in [1.82, 2.24) is 0 Å². The van der Waals surface area contributed by atoms with Gasteiger partial charge in [0.25, 0.3) is 5.69 Å². The van der Waals surface area contributed by atoms with Crippen LogP contribution < -0.4 is 5.01 Å². The number of nitrogens with zero attached hydrogens (tertiary/aromatic N) is 3. The number of benzene rings is 2. The third-order valence-corrected chi connectivity index (χ3v) is 5.00. The maximum Gasteiger partial charge on any atom is 0.269 e. The van der Waals surface area contributed by atoms with E-state index in [1.807, 2.05) is 18.2 Å². The molecule has 1 saturated carbocycles. The minimum atomic E-state index is -0.365. The van der Waals surface area contributed by atoms with Crippen LogP contribution in [0, 0.1) is 16.0 Å². The van der Waals surface area contributed by atoms with Crippen molar-refractivity contribution in [2.45, 2.75) is 31.7 Å². The summed E-state index contributed by atoms with van der Waals surface area (Å²) in [4.78, 5) is 10.5. The van der Waals surface area contributed by atoms with Gasteiger partial charge in [-0.2, -0.15) is 5.10 Å². The number of hydrazone groups is 1. The number of hydrogen-bond donors (Lipinski definition) is 0. The SMILES string of the molecule is O=[N+]([O-])c1ccc(N2N=C(c3ccccc3)[C@@H]3CCCC[C@@H]32)cc1. The standard InChI is InChI=1S/C19H19N3O2/c23-22(24)16-12-10-15(11-13-16)21-18-9-5-4-8-17(18)19(20-21)14-6-2-1-3-7-14/h1-3,6-7,10-13,17-18H,4-5,8-9H2/t17-,18+/m1/s1. The van der Waals surface area contributed by atoms with Gasteiger partial charge in [-0.05, 0) is 30.5 Å². The Labute approximate surface area is 140 Å². The zero-order valence-electron chi connectivity index (χ0n) is 13.3. The predicted octanol–water partition coefficient (Wildman–Crippen LogP) is 4.38. The molecule has 1 aliphatic carbocycles. The van der Waals surface area contributed by atoms with Crippen molar-refractivity contribution in [3.8, 4) is 0 Å². The molecule has 1 fully saturated rings. The minimum Gasteiger partial charge on any atom is -0.262 e. The molecular weight excluding hydrogens is 302 g/mol. The molecule has 24 heavy (non-hydrogen) atoms. The van der Waals surface area contributed by atoms with Gasteiger partial charge in [-0.25, -0.2) is 0 Å². The van der Waals surface area contributed by atoms with Gasteiger partial charge >= 0.3 is 0 Å². The maximum absolute atomic E-state index is 10.9. The van der Waals surface area contributed by atoms with Crippen molar-refractivity contribution in [3.63, 3.8) is 0 Å². The van der Waals surface area contributed by atoms with E-state index in [9.17, 15) is 10.1 Å². The lowest BCUT2D eigenvalue weighted by Gasteiger charge is -2.31. The molecular formula is C19H19N3O2. The molecule has 0 amide bonds. The van der Waals surface area contributed by atoms with Crippen LogP contribution in [0.15, 0.2) is 59.7 Å². The van der Waals surface area contributed by atoms with Crippen LogP contribution in [0.25, 0.3) is 0 Å². The number of fused-ring (bicyclic) bond motifs is 1. The maximum atomic E-state index is 10.9. The Bertz CT molecular complexity index is 771. The number of nitro benzene ring substituents is 1. The van der Waals surface area contributed by atoms with E-state index in [0.29, 0.717) is 12.0 Å². The first-order valence-electron chi connectivity index (χ1n) is 8.41. The highest BCUT2D eigenvalue weighted by Gasteiger charge is 2.39. The Morgan fingerprint density at radius 2 is 1.71 bits per heavy atom. The summed E-state index contributed by atoms with van der Waals surface area (Å²) < 4.78 is 0. The number of hydrogen-bond acceptors (Lipinski definition) is 4. The molecule has 5 heteroatoms. The molecule has 0 unspecified atom stereocenters. The van der Waals surface area contributed by atoms with E-state index in [-0.39, 0.29) is 10.6 Å². The summed E-state index contributed by atoms with van der Waals surface area (Å²) in [5.74, 6) is 0.441. The Balaban J connectivity index is 1.71. The molecule has 122 valence electrons. The molecule has 2 aromatic rings. The molecule has 0 bridgehead atoms. The zero-order valence-corrected chi connectivity index (χ0v) is 13.3. The van der Waals surface area contributed by atoms with Crippen molar-refractivity contribution >= 4 is 17.1 Å². The molecule has 0 spiro atoms. The fraction of sp³-hybridized carbons (Fsp3) is 0.316. The third-order valence-electron chi connectivity index (χ3n) is 5.00. The lowest BCUT2D eigenvalue weighted by atomic mass is 9.80. The molecule has 0 N–H and O–H groups in total.